The third kappa shape index (κ3) is 10.9. The molecule has 2 aromatic heterocycles. The molecule has 0 radical (unpaired) electrons. The van der Waals surface area contributed by atoms with Crippen molar-refractivity contribution in [3.8, 4) is 0 Å². The van der Waals surface area contributed by atoms with Gasteiger partial charge in [0.1, 0.15) is 24.1 Å². The van der Waals surface area contributed by atoms with Crippen molar-refractivity contribution in [2.45, 2.75) is 98.8 Å². The summed E-state index contributed by atoms with van der Waals surface area (Å²) in [5.41, 5.74) is 3.15. The van der Waals surface area contributed by atoms with Gasteiger partial charge in [-0.05, 0) is 99.2 Å². The zero-order valence-electron chi connectivity index (χ0n) is 35.3. The number of amides is 2. The number of carbonyl (C=O) groups excluding carboxylic acids is 1. The van der Waals surface area contributed by atoms with Gasteiger partial charge in [0.2, 0.25) is 5.95 Å². The van der Waals surface area contributed by atoms with E-state index in [2.05, 4.69) is 74.3 Å². The first-order valence-corrected chi connectivity index (χ1v) is 19.5. The van der Waals surface area contributed by atoms with E-state index in [0.29, 0.717) is 37.3 Å². The Morgan fingerprint density at radius 1 is 1.18 bits per heavy atom. The minimum Gasteiger partial charge on any atom is -0.465 e. The van der Waals surface area contributed by atoms with Crippen LogP contribution in [0.1, 0.15) is 81.2 Å². The molecule has 0 bridgehead atoms. The van der Waals surface area contributed by atoms with E-state index in [4.69, 9.17) is 29.5 Å². The Hall–Kier alpha value is -4.95. The van der Waals surface area contributed by atoms with Gasteiger partial charge in [-0.3, -0.25) is 9.80 Å². The van der Waals surface area contributed by atoms with E-state index in [-0.39, 0.29) is 23.8 Å². The van der Waals surface area contributed by atoms with Crippen LogP contribution in [-0.2, 0) is 14.9 Å². The van der Waals surface area contributed by atoms with Crippen molar-refractivity contribution < 1.29 is 24.2 Å². The van der Waals surface area contributed by atoms with Crippen molar-refractivity contribution >= 4 is 35.6 Å². The van der Waals surface area contributed by atoms with Gasteiger partial charge in [-0.15, -0.1) is 0 Å². The van der Waals surface area contributed by atoms with Crippen LogP contribution >= 0.6 is 0 Å². The van der Waals surface area contributed by atoms with Crippen LogP contribution in [0.25, 0.3) is 0 Å². The first kappa shape index (κ1) is 43.8. The second-order valence-electron chi connectivity index (χ2n) is 16.1. The highest BCUT2D eigenvalue weighted by atomic mass is 16.6. The topological polar surface area (TPSA) is 140 Å². The van der Waals surface area contributed by atoms with Crippen molar-refractivity contribution in [2.24, 2.45) is 0 Å². The molecule has 0 aromatic carbocycles. The summed E-state index contributed by atoms with van der Waals surface area (Å²) in [6, 6.07) is 5.59. The lowest BCUT2D eigenvalue weighted by atomic mass is 9.87. The lowest BCUT2D eigenvalue weighted by Crippen LogP contribution is -2.43. The number of carboxylic acid groups (broad SMARTS) is 1. The summed E-state index contributed by atoms with van der Waals surface area (Å²) in [7, 11) is 2.17. The highest BCUT2D eigenvalue weighted by molar-refractivity contribution is 5.89. The van der Waals surface area contributed by atoms with Gasteiger partial charge in [-0.25, -0.2) is 19.6 Å². The Bertz CT molecular complexity index is 1790. The van der Waals surface area contributed by atoms with E-state index in [1.807, 2.05) is 58.2 Å². The van der Waals surface area contributed by atoms with Crippen LogP contribution < -0.4 is 15.1 Å². The van der Waals surface area contributed by atoms with Gasteiger partial charge in [-0.2, -0.15) is 4.98 Å². The van der Waals surface area contributed by atoms with Crippen LogP contribution in [0.3, 0.4) is 0 Å². The Morgan fingerprint density at radius 2 is 1.86 bits per heavy atom. The van der Waals surface area contributed by atoms with Crippen molar-refractivity contribution in [2.75, 3.05) is 68.1 Å². The number of hydrogen-bond acceptors (Lipinski definition) is 11. The number of aromatic nitrogens is 3. The van der Waals surface area contributed by atoms with Crippen molar-refractivity contribution in [3.63, 3.8) is 0 Å². The number of carbonyl (C=O) groups is 2. The summed E-state index contributed by atoms with van der Waals surface area (Å²) < 4.78 is 11.6. The fourth-order valence-electron chi connectivity index (χ4n) is 6.73. The predicted octanol–water partition coefficient (Wildman–Crippen LogP) is 7.76. The molecule has 56 heavy (non-hydrogen) atoms. The molecule has 5 heterocycles. The standard InChI is InChI=1S/C34H48N8O3.C8H15NO2/c1-9-25(14-15-26(10-2)40-18-16-39(8)17-19-40)36-31-35-20-27-30(38-31)41(22-34(27,7)23-45-33(4,5)6)28-12-11-13-29(37-28)42-24(3)21-44-32(42)43;1-5-7(4)9(6(2)3)8(10)11/h9,11-15,20,24H,1,10,16-19,21-23H2,2-8H3,(H,35,36,38);5-6H,1-4H3,(H,10,11)/b25-14+,26-15+;7-5+. The molecule has 306 valence electrons. The smallest absolute Gasteiger partial charge is 0.415 e. The summed E-state index contributed by atoms with van der Waals surface area (Å²) in [6.45, 7) is 29.4. The van der Waals surface area contributed by atoms with Gasteiger partial charge in [0, 0.05) is 73.0 Å². The van der Waals surface area contributed by atoms with Crippen molar-refractivity contribution in [1.82, 2.24) is 29.7 Å². The van der Waals surface area contributed by atoms with Gasteiger partial charge in [-0.1, -0.05) is 32.6 Å². The second-order valence-corrected chi connectivity index (χ2v) is 16.1. The molecule has 2 saturated heterocycles. The maximum Gasteiger partial charge on any atom is 0.415 e. The molecule has 14 heteroatoms. The van der Waals surface area contributed by atoms with Gasteiger partial charge >= 0.3 is 12.2 Å². The number of fused-ring (bicyclic) bond motifs is 1. The molecule has 2 atom stereocenters. The molecule has 5 rings (SSSR count). The maximum atomic E-state index is 12.5. The molecule has 2 amide bonds. The first-order valence-electron chi connectivity index (χ1n) is 19.5. The monoisotopic (exact) mass is 773 g/mol. The Morgan fingerprint density at radius 3 is 2.39 bits per heavy atom. The average molecular weight is 774 g/mol. The van der Waals surface area contributed by atoms with E-state index >= 15 is 0 Å². The van der Waals surface area contributed by atoms with Crippen molar-refractivity contribution in [1.29, 1.82) is 0 Å². The van der Waals surface area contributed by atoms with Crippen LogP contribution in [0, 0.1) is 0 Å². The normalized spacial score (nSPS) is 20.8. The second kappa shape index (κ2) is 18.8. The molecular formula is C42H63N9O5. The van der Waals surface area contributed by atoms with Crippen LogP contribution in [0.2, 0.25) is 0 Å². The maximum absolute atomic E-state index is 12.5. The zero-order chi connectivity index (χ0) is 41.4. The zero-order valence-corrected chi connectivity index (χ0v) is 35.3. The number of pyridine rings is 1. The quantitative estimate of drug-likeness (QED) is 0.204. The molecule has 3 aliphatic heterocycles. The van der Waals surface area contributed by atoms with E-state index in [9.17, 15) is 9.59 Å². The van der Waals surface area contributed by atoms with Crippen LogP contribution in [0.15, 0.2) is 72.4 Å². The summed E-state index contributed by atoms with van der Waals surface area (Å²) in [5, 5.41) is 12.1. The fourth-order valence-corrected chi connectivity index (χ4v) is 6.73. The van der Waals surface area contributed by atoms with Gasteiger partial charge in [0.05, 0.1) is 18.2 Å². The first-order chi connectivity index (χ1) is 26.4. The Labute approximate surface area is 333 Å². The summed E-state index contributed by atoms with van der Waals surface area (Å²) in [4.78, 5) is 47.6. The predicted molar refractivity (Wildman–Crippen MR) is 223 cm³/mol. The van der Waals surface area contributed by atoms with Gasteiger partial charge < -0.3 is 34.6 Å². The number of piperazine rings is 1. The van der Waals surface area contributed by atoms with Crippen LogP contribution in [-0.4, -0.2) is 118 Å². The minimum atomic E-state index is -0.893. The largest absolute Gasteiger partial charge is 0.465 e. The van der Waals surface area contributed by atoms with Crippen LogP contribution in [0.4, 0.5) is 33.0 Å². The molecule has 3 aliphatic rings. The molecule has 0 aliphatic carbocycles. The third-order valence-electron chi connectivity index (χ3n) is 10.1. The summed E-state index contributed by atoms with van der Waals surface area (Å²) in [5.74, 6) is 2.45. The molecule has 2 fully saturated rings. The number of rotatable bonds is 12. The summed E-state index contributed by atoms with van der Waals surface area (Å²) >= 11 is 0. The molecule has 0 spiro atoms. The van der Waals surface area contributed by atoms with Gasteiger partial charge in [0.15, 0.2) is 0 Å². The fraction of sp³-hybridized carbons (Fsp3) is 0.548. The van der Waals surface area contributed by atoms with E-state index < -0.39 is 11.5 Å². The minimum absolute atomic E-state index is 0.00343. The number of likely N-dealkylation sites (N-methyl/N-ethyl adjacent to an activating group) is 1. The third-order valence-corrected chi connectivity index (χ3v) is 10.1. The lowest BCUT2D eigenvalue weighted by Gasteiger charge is -2.35. The molecule has 0 saturated carbocycles. The highest BCUT2D eigenvalue weighted by Crippen LogP contribution is 2.44. The van der Waals surface area contributed by atoms with E-state index in [1.165, 1.54) is 10.6 Å². The number of hydrogen-bond donors (Lipinski definition) is 2. The van der Waals surface area contributed by atoms with Crippen molar-refractivity contribution in [3.05, 3.63) is 77.9 Å². The number of ether oxygens (including phenoxy) is 2. The van der Waals surface area contributed by atoms with E-state index in [1.54, 1.807) is 24.0 Å². The molecule has 14 nitrogen and oxygen atoms in total. The van der Waals surface area contributed by atoms with E-state index in [0.717, 1.165) is 55.4 Å². The number of cyclic esters (lactones) is 1. The molecule has 2 unspecified atom stereocenters. The lowest BCUT2D eigenvalue weighted by molar-refractivity contribution is -0.0252. The average Bonchev–Trinajstić information content (AvgIpc) is 3.65. The Kier molecular flexibility index (Phi) is 14.7. The number of nitrogens with zero attached hydrogens (tertiary/aromatic N) is 8. The number of anilines is 4. The highest BCUT2D eigenvalue weighted by Gasteiger charge is 2.43. The Balaban J connectivity index is 0.000000552. The van der Waals surface area contributed by atoms with Crippen LogP contribution in [0.5, 0.6) is 0 Å². The SMILES string of the molecule is C/C=C(\C)N(C(=O)O)C(C)C.C=C/C(=C\C=C(/CC)N1CCN(C)CC1)Nc1ncc2c(n1)N(c1cccc(N3C(=O)OCC3C)n1)CC2(C)COC(C)(C)C. The number of allylic oxidation sites excluding steroid dienone is 6. The van der Waals surface area contributed by atoms with Gasteiger partial charge in [0.25, 0.3) is 0 Å². The molecular weight excluding hydrogens is 711 g/mol. The molecule has 2 aromatic rings. The summed E-state index contributed by atoms with van der Waals surface area (Å²) in [6.07, 6.45) is 9.33. The number of nitrogens with one attached hydrogen (secondary N) is 1. The molecule has 2 N–H and O–H groups in total.